The van der Waals surface area contributed by atoms with Crippen LogP contribution >= 0.6 is 15.9 Å². The molecule has 3 aromatic rings. The van der Waals surface area contributed by atoms with Crippen LogP contribution in [-0.2, 0) is 13.6 Å². The Morgan fingerprint density at radius 2 is 2.00 bits per heavy atom. The average Bonchev–Trinajstić information content (AvgIpc) is 2.96. The van der Waals surface area contributed by atoms with Gasteiger partial charge < -0.3 is 4.57 Å². The zero-order chi connectivity index (χ0) is 14.3. The van der Waals surface area contributed by atoms with Crippen LogP contribution < -0.4 is 0 Å². The minimum atomic E-state index is 0.365. The summed E-state index contributed by atoms with van der Waals surface area (Å²) in [6.07, 6.45) is 7.37. The van der Waals surface area contributed by atoms with E-state index in [1.807, 2.05) is 34.9 Å². The van der Waals surface area contributed by atoms with Gasteiger partial charge in [0.05, 0.1) is 42.2 Å². The third kappa shape index (κ3) is 2.14. The highest BCUT2D eigenvalue weighted by molar-refractivity contribution is 9.10. The molecule has 6 heteroatoms. The fourth-order valence-electron chi connectivity index (χ4n) is 2.32. The third-order valence-corrected chi connectivity index (χ3v) is 4.02. The van der Waals surface area contributed by atoms with Crippen molar-refractivity contribution < 1.29 is 0 Å². The molecule has 0 aliphatic carbocycles. The lowest BCUT2D eigenvalue weighted by atomic mass is 10.1. The van der Waals surface area contributed by atoms with Crippen LogP contribution in [0.25, 0.3) is 10.9 Å². The Hall–Kier alpha value is -1.69. The molecule has 0 aliphatic heterocycles. The molecule has 3 heterocycles. The number of aromatic nitrogens is 5. The molecule has 0 fully saturated rings. The van der Waals surface area contributed by atoms with Crippen LogP contribution in [0.4, 0.5) is 0 Å². The molecule has 0 radical (unpaired) electrons. The van der Waals surface area contributed by atoms with E-state index in [4.69, 9.17) is 5.10 Å². The van der Waals surface area contributed by atoms with Gasteiger partial charge in [-0.3, -0.25) is 9.67 Å². The van der Waals surface area contributed by atoms with Crippen LogP contribution in [0.5, 0.6) is 0 Å². The zero-order valence-corrected chi connectivity index (χ0v) is 13.3. The molecule has 3 aromatic heterocycles. The van der Waals surface area contributed by atoms with Crippen LogP contribution in [0.2, 0.25) is 0 Å². The largest absolute Gasteiger partial charge is 0.336 e. The number of imidazole rings is 1. The molecular formula is C14H16BrN5. The minimum absolute atomic E-state index is 0.365. The normalized spacial score (nSPS) is 11.7. The average molecular weight is 334 g/mol. The summed E-state index contributed by atoms with van der Waals surface area (Å²) in [5, 5.41) is 5.92. The van der Waals surface area contributed by atoms with Gasteiger partial charge in [-0.15, -0.1) is 0 Å². The van der Waals surface area contributed by atoms with Crippen LogP contribution in [0.15, 0.2) is 29.4 Å². The number of rotatable bonds is 3. The van der Waals surface area contributed by atoms with Gasteiger partial charge in [-0.2, -0.15) is 5.10 Å². The minimum Gasteiger partial charge on any atom is -0.336 e. The van der Waals surface area contributed by atoms with Gasteiger partial charge in [-0.05, 0) is 21.8 Å². The monoisotopic (exact) mass is 333 g/mol. The number of fused-ring (bicyclic) bond motifs is 1. The van der Waals surface area contributed by atoms with Gasteiger partial charge in [-0.1, -0.05) is 13.8 Å². The summed E-state index contributed by atoms with van der Waals surface area (Å²) in [5.41, 5.74) is 3.26. The molecule has 0 amide bonds. The first-order chi connectivity index (χ1) is 9.58. The lowest BCUT2D eigenvalue weighted by molar-refractivity contribution is 0.644. The molecule has 0 saturated carbocycles. The molecule has 0 atom stereocenters. The van der Waals surface area contributed by atoms with Gasteiger partial charge in [-0.25, -0.2) is 4.98 Å². The summed E-state index contributed by atoms with van der Waals surface area (Å²) in [5.74, 6) is 0.365. The maximum atomic E-state index is 4.77. The summed E-state index contributed by atoms with van der Waals surface area (Å²) >= 11 is 3.59. The van der Waals surface area contributed by atoms with E-state index in [2.05, 4.69) is 39.7 Å². The number of nitrogens with zero attached hydrogens (tertiary/aromatic N) is 5. The van der Waals surface area contributed by atoms with Crippen LogP contribution in [-0.4, -0.2) is 24.3 Å². The SMILES string of the molecule is CC(C)c1nn(Cc2cncn2C)c2cncc(Br)c12. The number of hydrogen-bond acceptors (Lipinski definition) is 3. The van der Waals surface area contributed by atoms with Gasteiger partial charge in [0.15, 0.2) is 0 Å². The maximum absolute atomic E-state index is 4.77. The van der Waals surface area contributed by atoms with Gasteiger partial charge in [0.1, 0.15) is 0 Å². The molecule has 104 valence electrons. The van der Waals surface area contributed by atoms with E-state index in [9.17, 15) is 0 Å². The van der Waals surface area contributed by atoms with E-state index in [1.54, 1.807) is 6.33 Å². The van der Waals surface area contributed by atoms with Gasteiger partial charge >= 0.3 is 0 Å². The molecule has 0 aromatic carbocycles. The quantitative estimate of drug-likeness (QED) is 0.739. The Kier molecular flexibility index (Phi) is 3.33. The van der Waals surface area contributed by atoms with Crippen molar-refractivity contribution in [2.24, 2.45) is 7.05 Å². The van der Waals surface area contributed by atoms with E-state index in [-0.39, 0.29) is 0 Å². The highest BCUT2D eigenvalue weighted by Gasteiger charge is 2.16. The van der Waals surface area contributed by atoms with Crippen molar-refractivity contribution in [3.63, 3.8) is 0 Å². The molecular weight excluding hydrogens is 318 g/mol. The van der Waals surface area contributed by atoms with Crippen molar-refractivity contribution in [1.82, 2.24) is 24.3 Å². The van der Waals surface area contributed by atoms with Crippen molar-refractivity contribution >= 4 is 26.8 Å². The van der Waals surface area contributed by atoms with Crippen LogP contribution in [0.3, 0.4) is 0 Å². The first kappa shape index (κ1) is 13.3. The zero-order valence-electron chi connectivity index (χ0n) is 11.7. The molecule has 0 bridgehead atoms. The van der Waals surface area contributed by atoms with Gasteiger partial charge in [0.2, 0.25) is 0 Å². The molecule has 20 heavy (non-hydrogen) atoms. The van der Waals surface area contributed by atoms with E-state index in [0.29, 0.717) is 12.5 Å². The molecule has 0 spiro atoms. The van der Waals surface area contributed by atoms with Crippen molar-refractivity contribution in [3.05, 3.63) is 40.8 Å². The molecule has 0 unspecified atom stereocenters. The number of halogens is 1. The maximum Gasteiger partial charge on any atom is 0.0946 e. The molecule has 0 N–H and O–H groups in total. The number of pyridine rings is 1. The predicted octanol–water partition coefficient (Wildman–Crippen LogP) is 3.10. The summed E-state index contributed by atoms with van der Waals surface area (Å²) in [6.45, 7) is 5.00. The Bertz CT molecular complexity index is 756. The Balaban J connectivity index is 2.17. The fourth-order valence-corrected chi connectivity index (χ4v) is 2.85. The van der Waals surface area contributed by atoms with E-state index < -0.39 is 0 Å². The summed E-state index contributed by atoms with van der Waals surface area (Å²) < 4.78 is 5.00. The number of hydrogen-bond donors (Lipinski definition) is 0. The van der Waals surface area contributed by atoms with Crippen molar-refractivity contribution in [2.45, 2.75) is 26.3 Å². The van der Waals surface area contributed by atoms with Crippen LogP contribution in [0.1, 0.15) is 31.2 Å². The third-order valence-electron chi connectivity index (χ3n) is 3.42. The second-order valence-electron chi connectivity index (χ2n) is 5.21. The Morgan fingerprint density at radius 3 is 2.65 bits per heavy atom. The second kappa shape index (κ2) is 5.01. The smallest absolute Gasteiger partial charge is 0.0946 e. The van der Waals surface area contributed by atoms with Crippen molar-refractivity contribution in [1.29, 1.82) is 0 Å². The Morgan fingerprint density at radius 1 is 1.20 bits per heavy atom. The van der Waals surface area contributed by atoms with Crippen molar-refractivity contribution in [3.8, 4) is 0 Å². The molecule has 5 nitrogen and oxygen atoms in total. The van der Waals surface area contributed by atoms with E-state index in [0.717, 1.165) is 26.8 Å². The second-order valence-corrected chi connectivity index (χ2v) is 6.06. The topological polar surface area (TPSA) is 48.5 Å². The lowest BCUT2D eigenvalue weighted by Crippen LogP contribution is -2.06. The summed E-state index contributed by atoms with van der Waals surface area (Å²) in [6, 6.07) is 0. The highest BCUT2D eigenvalue weighted by atomic mass is 79.9. The fraction of sp³-hybridized carbons (Fsp3) is 0.357. The molecule has 3 rings (SSSR count). The summed E-state index contributed by atoms with van der Waals surface area (Å²) in [7, 11) is 1.99. The Labute approximate surface area is 125 Å². The first-order valence-electron chi connectivity index (χ1n) is 6.53. The lowest BCUT2D eigenvalue weighted by Gasteiger charge is -2.04. The predicted molar refractivity (Wildman–Crippen MR) is 81.6 cm³/mol. The number of aryl methyl sites for hydroxylation is 1. The van der Waals surface area contributed by atoms with Crippen molar-refractivity contribution in [2.75, 3.05) is 0 Å². The molecule has 0 saturated heterocycles. The first-order valence-corrected chi connectivity index (χ1v) is 7.32. The van der Waals surface area contributed by atoms with Gasteiger partial charge in [0, 0.05) is 23.1 Å². The summed E-state index contributed by atoms with van der Waals surface area (Å²) in [4.78, 5) is 8.42. The van der Waals surface area contributed by atoms with Gasteiger partial charge in [0.25, 0.3) is 0 Å². The van der Waals surface area contributed by atoms with E-state index in [1.165, 1.54) is 0 Å². The standard InChI is InChI=1S/C14H16BrN5/c1-9(2)14-13-11(15)5-16-6-12(13)20(18-14)7-10-4-17-8-19(10)3/h4-6,8-9H,7H2,1-3H3. The van der Waals surface area contributed by atoms with Crippen LogP contribution in [0, 0.1) is 0 Å². The van der Waals surface area contributed by atoms with E-state index >= 15 is 0 Å². The highest BCUT2D eigenvalue weighted by Crippen LogP contribution is 2.30. The molecule has 0 aliphatic rings.